The number of nitrogens with zero attached hydrogens (tertiary/aromatic N) is 3. The monoisotopic (exact) mass is 419 g/mol. The maximum absolute atomic E-state index is 12.7. The summed E-state index contributed by atoms with van der Waals surface area (Å²) in [6, 6.07) is 0. The lowest BCUT2D eigenvalue weighted by Crippen LogP contribution is -2.49. The van der Waals surface area contributed by atoms with Gasteiger partial charge in [0.05, 0.1) is 9.98 Å². The third-order valence-corrected chi connectivity index (χ3v) is 6.53. The normalized spacial score (nSPS) is 17.5. The van der Waals surface area contributed by atoms with E-state index in [9.17, 15) is 13.2 Å². The van der Waals surface area contributed by atoms with Gasteiger partial charge in [-0.15, -0.1) is 4.83 Å². The zero-order chi connectivity index (χ0) is 19.6. The molecule has 0 aromatic rings. The highest BCUT2D eigenvalue weighted by Gasteiger charge is 2.34. The Morgan fingerprint density at radius 3 is 1.85 bits per heavy atom. The van der Waals surface area contributed by atoms with Gasteiger partial charge in [-0.3, -0.25) is 20.2 Å². The Morgan fingerprint density at radius 2 is 1.42 bits per heavy atom. The molecule has 0 aliphatic heterocycles. The fourth-order valence-corrected chi connectivity index (χ4v) is 4.05. The highest BCUT2D eigenvalue weighted by atomic mass is 32.2. The van der Waals surface area contributed by atoms with E-state index in [4.69, 9.17) is 24.4 Å². The van der Waals surface area contributed by atoms with Crippen molar-refractivity contribution >= 4 is 50.3 Å². The van der Waals surface area contributed by atoms with Crippen LogP contribution in [0, 0.1) is 11.8 Å². The van der Waals surface area contributed by atoms with Gasteiger partial charge in [-0.2, -0.15) is 0 Å². The van der Waals surface area contributed by atoms with E-state index < -0.39 is 20.8 Å². The molecule has 0 heterocycles. The number of hydrogen-bond acceptors (Lipinski definition) is 6. The minimum atomic E-state index is -4.12. The van der Waals surface area contributed by atoms with Crippen molar-refractivity contribution in [3.05, 3.63) is 11.1 Å². The van der Waals surface area contributed by atoms with Crippen LogP contribution in [0.15, 0.2) is 11.1 Å². The molecule has 146 valence electrons. The first-order chi connectivity index (χ1) is 12.0. The summed E-state index contributed by atoms with van der Waals surface area (Å²) in [4.78, 5) is 17.2. The summed E-state index contributed by atoms with van der Waals surface area (Å²) in [6.07, 6.45) is 5.13. The van der Waals surface area contributed by atoms with Crippen LogP contribution in [0.1, 0.15) is 25.7 Å². The van der Waals surface area contributed by atoms with E-state index >= 15 is 0 Å². The number of nitrogens with one attached hydrogen (secondary N) is 2. The fraction of sp³-hybridized carbons (Fsp3) is 0.667. The first kappa shape index (κ1) is 21.0. The van der Waals surface area contributed by atoms with Gasteiger partial charge in [0.15, 0.2) is 4.91 Å². The highest BCUT2D eigenvalue weighted by Crippen LogP contribution is 2.32. The number of amides is 1. The molecular formula is C15H25N5O3S3. The van der Waals surface area contributed by atoms with Crippen molar-refractivity contribution in [2.24, 2.45) is 11.8 Å². The Labute approximate surface area is 165 Å². The number of hydrogen-bond donors (Lipinski definition) is 2. The van der Waals surface area contributed by atoms with Gasteiger partial charge in [0.2, 0.25) is 0 Å². The van der Waals surface area contributed by atoms with Crippen LogP contribution in [0.4, 0.5) is 0 Å². The lowest BCUT2D eigenvalue weighted by molar-refractivity contribution is -0.119. The van der Waals surface area contributed by atoms with Crippen molar-refractivity contribution in [3.8, 4) is 0 Å². The zero-order valence-electron chi connectivity index (χ0n) is 15.4. The van der Waals surface area contributed by atoms with Crippen molar-refractivity contribution in [1.82, 2.24) is 25.2 Å². The van der Waals surface area contributed by atoms with Gasteiger partial charge in [0, 0.05) is 46.2 Å². The minimum Gasteiger partial charge on any atom is -0.382 e. The number of carbonyl (C=O) groups excluding carboxylic acids is 1. The molecule has 0 aromatic heterocycles. The Morgan fingerprint density at radius 1 is 0.962 bits per heavy atom. The van der Waals surface area contributed by atoms with Crippen LogP contribution in [-0.2, 0) is 14.8 Å². The van der Waals surface area contributed by atoms with Gasteiger partial charge in [0.25, 0.3) is 15.9 Å². The van der Waals surface area contributed by atoms with Crippen LogP contribution >= 0.6 is 24.4 Å². The molecule has 0 saturated heterocycles. The van der Waals surface area contributed by atoms with Gasteiger partial charge >= 0.3 is 0 Å². The average molecular weight is 420 g/mol. The van der Waals surface area contributed by atoms with Gasteiger partial charge < -0.3 is 4.90 Å². The number of thiocarbonyl (C=S) groups is 2. The third kappa shape index (κ3) is 5.60. The van der Waals surface area contributed by atoms with E-state index in [0.29, 0.717) is 9.98 Å². The highest BCUT2D eigenvalue weighted by molar-refractivity contribution is 7.94. The number of sulfonamides is 1. The predicted molar refractivity (Wildman–Crippen MR) is 108 cm³/mol. The summed E-state index contributed by atoms with van der Waals surface area (Å²) in [7, 11) is 2.31. The van der Waals surface area contributed by atoms with E-state index in [0.717, 1.165) is 25.7 Å². The fourth-order valence-electron chi connectivity index (χ4n) is 2.23. The average Bonchev–Trinajstić information content (AvgIpc) is 3.41. The van der Waals surface area contributed by atoms with E-state index in [1.54, 1.807) is 21.1 Å². The topological polar surface area (TPSA) is 85.0 Å². The van der Waals surface area contributed by atoms with Crippen LogP contribution in [0.3, 0.4) is 0 Å². The smallest absolute Gasteiger partial charge is 0.284 e. The molecule has 2 aliphatic carbocycles. The van der Waals surface area contributed by atoms with Crippen molar-refractivity contribution in [1.29, 1.82) is 0 Å². The summed E-state index contributed by atoms with van der Waals surface area (Å²) in [5, 5.41) is 2.70. The van der Waals surface area contributed by atoms with Crippen molar-refractivity contribution in [2.45, 2.75) is 25.7 Å². The summed E-state index contributed by atoms with van der Waals surface area (Å²) in [5.74, 6) is -0.273. The molecule has 0 unspecified atom stereocenters. The van der Waals surface area contributed by atoms with Crippen LogP contribution in [0.25, 0.3) is 0 Å². The quantitative estimate of drug-likeness (QED) is 0.352. The predicted octanol–water partition coefficient (Wildman–Crippen LogP) is 0.593. The molecule has 2 fully saturated rings. The summed E-state index contributed by atoms with van der Waals surface area (Å²) in [6.45, 7) is 0. The molecule has 2 rings (SSSR count). The van der Waals surface area contributed by atoms with Crippen LogP contribution in [0.2, 0.25) is 0 Å². The van der Waals surface area contributed by atoms with E-state index in [2.05, 4.69) is 10.3 Å². The number of rotatable bonds is 7. The lowest BCUT2D eigenvalue weighted by atomic mass is 10.4. The molecular weight excluding hydrogens is 394 g/mol. The lowest BCUT2D eigenvalue weighted by Gasteiger charge is -2.24. The number of carbonyl (C=O) groups is 1. The van der Waals surface area contributed by atoms with Gasteiger partial charge in [-0.05, 0) is 25.7 Å². The Bertz CT molecular complexity index is 727. The van der Waals surface area contributed by atoms with Crippen molar-refractivity contribution in [3.63, 3.8) is 0 Å². The molecule has 26 heavy (non-hydrogen) atoms. The Kier molecular flexibility index (Phi) is 6.59. The van der Waals surface area contributed by atoms with E-state index in [1.165, 1.54) is 28.2 Å². The SMILES string of the molecule is CN(C)/C=C(/C(=O)NN(C)C(=S)C1CC1)S(=O)(=O)NN(C)C(=S)C1CC1. The Hall–Kier alpha value is -1.30. The molecule has 0 spiro atoms. The minimum absolute atomic E-state index is 0.217. The molecule has 0 aromatic carbocycles. The molecule has 11 heteroatoms. The van der Waals surface area contributed by atoms with E-state index in [-0.39, 0.29) is 11.8 Å². The maximum atomic E-state index is 12.7. The summed E-state index contributed by atoms with van der Waals surface area (Å²) in [5.41, 5.74) is 2.54. The molecule has 8 nitrogen and oxygen atoms in total. The zero-order valence-corrected chi connectivity index (χ0v) is 17.8. The van der Waals surface area contributed by atoms with Gasteiger partial charge in [-0.1, -0.05) is 24.4 Å². The largest absolute Gasteiger partial charge is 0.382 e. The molecule has 0 radical (unpaired) electrons. The molecule has 0 bridgehead atoms. The third-order valence-electron chi connectivity index (χ3n) is 3.93. The van der Waals surface area contributed by atoms with Gasteiger partial charge in [0.1, 0.15) is 0 Å². The molecule has 2 saturated carbocycles. The number of hydrazine groups is 2. The second-order valence-electron chi connectivity index (χ2n) is 6.84. The summed E-state index contributed by atoms with van der Waals surface area (Å²) < 4.78 is 25.5. The molecule has 0 atom stereocenters. The van der Waals surface area contributed by atoms with Crippen molar-refractivity contribution in [2.75, 3.05) is 28.2 Å². The van der Waals surface area contributed by atoms with E-state index in [1.807, 2.05) is 0 Å². The molecule has 1 amide bonds. The summed E-state index contributed by atoms with van der Waals surface area (Å²) >= 11 is 10.5. The Balaban J connectivity index is 2.12. The second-order valence-corrected chi connectivity index (χ2v) is 9.30. The molecule has 2 N–H and O–H groups in total. The first-order valence-electron chi connectivity index (χ1n) is 8.29. The maximum Gasteiger partial charge on any atom is 0.284 e. The van der Waals surface area contributed by atoms with Gasteiger partial charge in [-0.25, -0.2) is 8.42 Å². The molecule has 2 aliphatic rings. The van der Waals surface area contributed by atoms with Crippen molar-refractivity contribution < 1.29 is 13.2 Å². The standard InChI is InChI=1S/C15H25N5O3S3/c1-18(2)9-12(13(21)16-19(3)14(24)10-5-6-10)26(22,23)17-20(4)15(25)11-7-8-11/h9-11,17H,5-8H2,1-4H3,(H,16,21)/b12-9-. The first-order valence-corrected chi connectivity index (χ1v) is 10.6. The van der Waals surface area contributed by atoms with Crippen LogP contribution in [-0.4, -0.2) is 67.4 Å². The second kappa shape index (κ2) is 8.15. The van der Waals surface area contributed by atoms with Crippen LogP contribution in [0.5, 0.6) is 0 Å². The van der Waals surface area contributed by atoms with Crippen LogP contribution < -0.4 is 10.3 Å².